The molecule has 2 aromatic carbocycles. The molecule has 5 rings (SSSR count). The Morgan fingerprint density at radius 3 is 2.45 bits per heavy atom. The predicted octanol–water partition coefficient (Wildman–Crippen LogP) is 3.61. The van der Waals surface area contributed by atoms with Crippen LogP contribution in [0.2, 0.25) is 0 Å². The number of aryl methyl sites for hydroxylation is 2. The maximum Gasteiger partial charge on any atom is 0.139 e. The van der Waals surface area contributed by atoms with Gasteiger partial charge in [0.25, 0.3) is 0 Å². The Bertz CT molecular complexity index is 987. The number of rotatable bonds is 5. The summed E-state index contributed by atoms with van der Waals surface area (Å²) in [5.74, 6) is 2.01. The van der Waals surface area contributed by atoms with E-state index in [4.69, 9.17) is 4.74 Å². The molecule has 0 unspecified atom stereocenters. The lowest BCUT2D eigenvalue weighted by Crippen LogP contribution is -2.60. The normalized spacial score (nSPS) is 18.0. The van der Waals surface area contributed by atoms with E-state index in [1.165, 1.54) is 29.4 Å². The van der Waals surface area contributed by atoms with Gasteiger partial charge in [0.05, 0.1) is 12.6 Å². The van der Waals surface area contributed by atoms with Crippen molar-refractivity contribution in [3.05, 3.63) is 59.9 Å². The summed E-state index contributed by atoms with van der Waals surface area (Å²) in [6.07, 6.45) is 6.28. The Morgan fingerprint density at radius 1 is 0.966 bits per heavy atom. The van der Waals surface area contributed by atoms with Gasteiger partial charge in [0, 0.05) is 23.9 Å². The second-order valence-corrected chi connectivity index (χ2v) is 8.50. The third-order valence-electron chi connectivity index (χ3n) is 6.56. The van der Waals surface area contributed by atoms with Crippen molar-refractivity contribution in [3.63, 3.8) is 0 Å². The molecule has 5 heteroatoms. The van der Waals surface area contributed by atoms with Gasteiger partial charge in [-0.2, -0.15) is 0 Å². The molecule has 150 valence electrons. The first-order valence-electron chi connectivity index (χ1n) is 10.6. The molecule has 0 radical (unpaired) electrons. The topological polar surface area (TPSA) is 50.3 Å². The van der Waals surface area contributed by atoms with Crippen LogP contribution in [0, 0.1) is 5.41 Å². The number of nitrogens with one attached hydrogen (secondary N) is 1. The number of piperidine rings is 1. The lowest BCUT2D eigenvalue weighted by Gasteiger charge is -2.53. The Labute approximate surface area is 172 Å². The van der Waals surface area contributed by atoms with Crippen LogP contribution in [-0.2, 0) is 12.8 Å². The van der Waals surface area contributed by atoms with Crippen LogP contribution in [0.15, 0.2) is 48.8 Å². The molecule has 0 saturated carbocycles. The number of nitrogens with zero attached hydrogens (tertiary/aromatic N) is 3. The number of hydrogen-bond donors (Lipinski definition) is 1. The number of anilines is 1. The smallest absolute Gasteiger partial charge is 0.139 e. The highest BCUT2D eigenvalue weighted by atomic mass is 16.5. The SMILES string of the molecule is COc1ccc(CCc2ccc3ncnc(N4CC5(CCNCC5)C4)c3c2)cc1. The quantitative estimate of drug-likeness (QED) is 0.724. The average Bonchev–Trinajstić information content (AvgIpc) is 2.76. The molecule has 2 aliphatic rings. The molecular formula is C24H28N4O. The van der Waals surface area contributed by atoms with Gasteiger partial charge in [-0.1, -0.05) is 18.2 Å². The van der Waals surface area contributed by atoms with Crippen molar-refractivity contribution >= 4 is 16.7 Å². The van der Waals surface area contributed by atoms with Crippen molar-refractivity contribution in [3.8, 4) is 5.75 Å². The van der Waals surface area contributed by atoms with Crippen molar-refractivity contribution < 1.29 is 4.74 Å². The highest BCUT2D eigenvalue weighted by molar-refractivity contribution is 5.90. The van der Waals surface area contributed by atoms with Gasteiger partial charge in [-0.05, 0) is 74.2 Å². The second-order valence-electron chi connectivity index (χ2n) is 8.50. The van der Waals surface area contributed by atoms with Crippen LogP contribution in [-0.4, -0.2) is 43.3 Å². The van der Waals surface area contributed by atoms with Gasteiger partial charge >= 0.3 is 0 Å². The van der Waals surface area contributed by atoms with Crippen molar-refractivity contribution in [1.29, 1.82) is 0 Å². The summed E-state index contributed by atoms with van der Waals surface area (Å²) in [5, 5.41) is 4.67. The molecule has 1 aromatic heterocycles. The molecule has 5 nitrogen and oxygen atoms in total. The minimum Gasteiger partial charge on any atom is -0.497 e. The van der Waals surface area contributed by atoms with Crippen molar-refractivity contribution in [2.24, 2.45) is 5.41 Å². The van der Waals surface area contributed by atoms with E-state index in [1.54, 1.807) is 13.4 Å². The molecule has 0 aliphatic carbocycles. The summed E-state index contributed by atoms with van der Waals surface area (Å²) >= 11 is 0. The van der Waals surface area contributed by atoms with Gasteiger partial charge in [-0.15, -0.1) is 0 Å². The second kappa shape index (κ2) is 7.64. The third-order valence-corrected chi connectivity index (χ3v) is 6.56. The molecule has 0 atom stereocenters. The van der Waals surface area contributed by atoms with Gasteiger partial charge in [-0.25, -0.2) is 9.97 Å². The molecule has 3 heterocycles. The first kappa shape index (κ1) is 18.4. The van der Waals surface area contributed by atoms with E-state index in [1.807, 2.05) is 12.1 Å². The van der Waals surface area contributed by atoms with Crippen LogP contribution in [0.4, 0.5) is 5.82 Å². The molecule has 1 N–H and O–H groups in total. The van der Waals surface area contributed by atoms with Gasteiger partial charge in [0.2, 0.25) is 0 Å². The minimum atomic E-state index is 0.495. The molecular weight excluding hydrogens is 360 g/mol. The molecule has 0 bridgehead atoms. The predicted molar refractivity (Wildman–Crippen MR) is 117 cm³/mol. The molecule has 1 spiro atoms. The molecule has 2 fully saturated rings. The maximum absolute atomic E-state index is 5.25. The van der Waals surface area contributed by atoms with Crippen LogP contribution in [0.25, 0.3) is 10.9 Å². The molecule has 3 aromatic rings. The fraction of sp³-hybridized carbons (Fsp3) is 0.417. The third kappa shape index (κ3) is 3.67. The van der Waals surface area contributed by atoms with E-state index in [-0.39, 0.29) is 0 Å². The maximum atomic E-state index is 5.25. The lowest BCUT2D eigenvalue weighted by atomic mass is 9.72. The molecule has 29 heavy (non-hydrogen) atoms. The van der Waals surface area contributed by atoms with E-state index < -0.39 is 0 Å². The number of methoxy groups -OCH3 is 1. The zero-order valence-corrected chi connectivity index (χ0v) is 17.0. The number of benzene rings is 2. The largest absolute Gasteiger partial charge is 0.497 e. The van der Waals surface area contributed by atoms with Gasteiger partial charge in [0.1, 0.15) is 17.9 Å². The average molecular weight is 389 g/mol. The van der Waals surface area contributed by atoms with Crippen LogP contribution in [0.3, 0.4) is 0 Å². The Morgan fingerprint density at radius 2 is 1.69 bits per heavy atom. The number of ether oxygens (including phenoxy) is 1. The highest BCUT2D eigenvalue weighted by Gasteiger charge is 2.44. The van der Waals surface area contributed by atoms with E-state index in [9.17, 15) is 0 Å². The van der Waals surface area contributed by atoms with Crippen molar-refractivity contribution in [2.45, 2.75) is 25.7 Å². The minimum absolute atomic E-state index is 0.495. The zero-order chi connectivity index (χ0) is 19.7. The van der Waals surface area contributed by atoms with E-state index in [0.717, 1.165) is 56.1 Å². The fourth-order valence-corrected chi connectivity index (χ4v) is 4.77. The highest BCUT2D eigenvalue weighted by Crippen LogP contribution is 2.42. The Hall–Kier alpha value is -2.66. The van der Waals surface area contributed by atoms with Crippen LogP contribution in [0.1, 0.15) is 24.0 Å². The van der Waals surface area contributed by atoms with E-state index in [0.29, 0.717) is 5.41 Å². The van der Waals surface area contributed by atoms with Crippen LogP contribution in [0.5, 0.6) is 5.75 Å². The van der Waals surface area contributed by atoms with Gasteiger partial charge in [-0.3, -0.25) is 0 Å². The van der Waals surface area contributed by atoms with E-state index >= 15 is 0 Å². The lowest BCUT2D eigenvalue weighted by molar-refractivity contribution is 0.149. The summed E-state index contributed by atoms with van der Waals surface area (Å²) in [7, 11) is 1.70. The Kier molecular flexibility index (Phi) is 4.84. The summed E-state index contributed by atoms with van der Waals surface area (Å²) in [4.78, 5) is 11.6. The summed E-state index contributed by atoms with van der Waals surface area (Å²) < 4.78 is 5.25. The summed E-state index contributed by atoms with van der Waals surface area (Å²) in [6, 6.07) is 15.0. The van der Waals surface area contributed by atoms with Crippen molar-refractivity contribution in [2.75, 3.05) is 38.2 Å². The zero-order valence-electron chi connectivity index (χ0n) is 17.0. The summed E-state index contributed by atoms with van der Waals surface area (Å²) in [6.45, 7) is 4.54. The van der Waals surface area contributed by atoms with Gasteiger partial charge in [0.15, 0.2) is 0 Å². The first-order chi connectivity index (χ1) is 14.2. The monoisotopic (exact) mass is 388 g/mol. The Balaban J connectivity index is 1.33. The van der Waals surface area contributed by atoms with E-state index in [2.05, 4.69) is 50.5 Å². The molecule has 2 saturated heterocycles. The van der Waals surface area contributed by atoms with Gasteiger partial charge < -0.3 is 15.0 Å². The number of hydrogen-bond acceptors (Lipinski definition) is 5. The fourth-order valence-electron chi connectivity index (χ4n) is 4.77. The first-order valence-corrected chi connectivity index (χ1v) is 10.6. The standard InChI is InChI=1S/C24H28N4O/c1-29-20-7-4-18(5-8-20)2-3-19-6-9-22-21(14-19)23(27-17-26-22)28-15-24(16-28)10-12-25-13-11-24/h4-9,14,17,25H,2-3,10-13,15-16H2,1H3. The number of fused-ring (bicyclic) bond motifs is 1. The number of aromatic nitrogens is 2. The molecule has 2 aliphatic heterocycles. The van der Waals surface area contributed by atoms with Crippen molar-refractivity contribution in [1.82, 2.24) is 15.3 Å². The van der Waals surface area contributed by atoms with Crippen LogP contribution >= 0.6 is 0 Å². The summed E-state index contributed by atoms with van der Waals surface area (Å²) in [5.41, 5.74) is 4.19. The molecule has 0 amide bonds. The van der Waals surface area contributed by atoms with Crippen LogP contribution < -0.4 is 15.0 Å².